The van der Waals surface area contributed by atoms with Crippen molar-refractivity contribution < 1.29 is 4.57 Å². The molecule has 4 aromatic rings. The molecule has 1 aromatic heterocycles. The molecule has 0 saturated heterocycles. The second-order valence-corrected chi connectivity index (χ2v) is 18.0. The van der Waals surface area contributed by atoms with E-state index >= 15 is 0 Å². The number of aryl methyl sites for hydroxylation is 1. The lowest BCUT2D eigenvalue weighted by Gasteiger charge is -2.28. The first-order chi connectivity index (χ1) is 16.7. The van der Waals surface area contributed by atoms with E-state index in [1.807, 2.05) is 0 Å². The average molecular weight is 495 g/mol. The molecule has 3 aromatic carbocycles. The summed E-state index contributed by atoms with van der Waals surface area (Å²) in [6.07, 6.45) is 2.24. The molecule has 0 aliphatic heterocycles. The SMILES string of the molecule is Cc1c(-c2c3ccc([Si](C)(C)Cc4ccccc4)cc3cc[n+]2C)cc(C(C)(C)C)cc1C(C)(C)C. The smallest absolute Gasteiger partial charge is 0.200 e. The second kappa shape index (κ2) is 9.30. The molecule has 0 aliphatic rings. The van der Waals surface area contributed by atoms with E-state index in [4.69, 9.17) is 0 Å². The van der Waals surface area contributed by atoms with Gasteiger partial charge in [0.05, 0.1) is 19.0 Å². The van der Waals surface area contributed by atoms with Gasteiger partial charge in [-0.25, -0.2) is 4.57 Å². The van der Waals surface area contributed by atoms with E-state index in [9.17, 15) is 0 Å². The third-order valence-corrected chi connectivity index (χ3v) is 10.9. The second-order valence-electron chi connectivity index (χ2n) is 13.3. The highest BCUT2D eigenvalue weighted by Gasteiger charge is 2.28. The van der Waals surface area contributed by atoms with Crippen LogP contribution in [-0.4, -0.2) is 8.07 Å². The van der Waals surface area contributed by atoms with E-state index in [0.29, 0.717) is 0 Å². The molecular weight excluding hydrogens is 450 g/mol. The van der Waals surface area contributed by atoms with E-state index in [0.717, 1.165) is 6.04 Å². The van der Waals surface area contributed by atoms with Crippen molar-refractivity contribution in [2.75, 3.05) is 0 Å². The van der Waals surface area contributed by atoms with Gasteiger partial charge in [-0.05, 0) is 58.0 Å². The van der Waals surface area contributed by atoms with Crippen LogP contribution in [0.4, 0.5) is 0 Å². The monoisotopic (exact) mass is 494 g/mol. The number of rotatable bonds is 4. The van der Waals surface area contributed by atoms with E-state index in [2.05, 4.69) is 146 Å². The predicted octanol–water partition coefficient (Wildman–Crippen LogP) is 7.93. The summed E-state index contributed by atoms with van der Waals surface area (Å²) in [6, 6.07) is 26.6. The van der Waals surface area contributed by atoms with Crippen LogP contribution in [0.1, 0.15) is 63.8 Å². The third-order valence-electron chi connectivity index (χ3n) is 7.74. The summed E-state index contributed by atoms with van der Waals surface area (Å²) in [5, 5.41) is 4.20. The normalized spacial score (nSPS) is 12.8. The molecule has 1 heterocycles. The van der Waals surface area contributed by atoms with E-state index in [1.54, 1.807) is 0 Å². The minimum atomic E-state index is -1.63. The summed E-state index contributed by atoms with van der Waals surface area (Å²) >= 11 is 0. The quantitative estimate of drug-likeness (QED) is 0.200. The molecule has 0 radical (unpaired) electrons. The van der Waals surface area contributed by atoms with Gasteiger partial charge in [0.15, 0.2) is 6.20 Å². The summed E-state index contributed by atoms with van der Waals surface area (Å²) in [4.78, 5) is 0. The molecule has 1 nitrogen and oxygen atoms in total. The van der Waals surface area contributed by atoms with Crippen molar-refractivity contribution in [3.63, 3.8) is 0 Å². The molecule has 188 valence electrons. The maximum absolute atomic E-state index is 2.50. The number of hydrogen-bond donors (Lipinski definition) is 0. The van der Waals surface area contributed by atoms with Crippen LogP contribution in [0, 0.1) is 6.92 Å². The first-order valence-corrected chi connectivity index (χ1v) is 16.5. The van der Waals surface area contributed by atoms with Gasteiger partial charge in [-0.15, -0.1) is 0 Å². The van der Waals surface area contributed by atoms with E-state index in [-0.39, 0.29) is 10.8 Å². The van der Waals surface area contributed by atoms with Crippen LogP contribution in [0.2, 0.25) is 13.1 Å². The molecule has 0 atom stereocenters. The van der Waals surface area contributed by atoms with Gasteiger partial charge in [0.1, 0.15) is 7.05 Å². The predicted molar refractivity (Wildman–Crippen MR) is 160 cm³/mol. The summed E-state index contributed by atoms with van der Waals surface area (Å²) in [5.74, 6) is 0. The van der Waals surface area contributed by atoms with E-state index < -0.39 is 8.07 Å². The first-order valence-electron chi connectivity index (χ1n) is 13.3. The number of fused-ring (bicyclic) bond motifs is 1. The van der Waals surface area contributed by atoms with Gasteiger partial charge < -0.3 is 0 Å². The van der Waals surface area contributed by atoms with Crippen LogP contribution in [0.3, 0.4) is 0 Å². The summed E-state index contributed by atoms with van der Waals surface area (Å²) < 4.78 is 2.32. The number of pyridine rings is 1. The van der Waals surface area contributed by atoms with Gasteiger partial charge >= 0.3 is 0 Å². The maximum Gasteiger partial charge on any atom is 0.220 e. The van der Waals surface area contributed by atoms with Crippen molar-refractivity contribution in [2.24, 2.45) is 7.05 Å². The molecule has 4 rings (SSSR count). The molecule has 2 heteroatoms. The first kappa shape index (κ1) is 26.4. The minimum Gasteiger partial charge on any atom is -0.200 e. The molecule has 0 amide bonds. The van der Waals surface area contributed by atoms with Crippen LogP contribution in [-0.2, 0) is 23.9 Å². The zero-order valence-electron chi connectivity index (χ0n) is 24.1. The van der Waals surface area contributed by atoms with Gasteiger partial charge in [0.25, 0.3) is 0 Å². The molecule has 0 aliphatic carbocycles. The molecule has 0 fully saturated rings. The van der Waals surface area contributed by atoms with Gasteiger partial charge in [-0.3, -0.25) is 0 Å². The van der Waals surface area contributed by atoms with Crippen LogP contribution < -0.4 is 9.75 Å². The summed E-state index contributed by atoms with van der Waals surface area (Å²) in [7, 11) is 0.558. The standard InChI is InChI=1S/C34H44NSi/c1-24-30(21-27(33(2,3)4)22-31(24)34(5,6)7)32-29-17-16-28(20-26(29)18-19-35(32)8)36(9,10)23-25-14-12-11-13-15-25/h11-22H,23H2,1-10H3/q+1. The Morgan fingerprint density at radius 1 is 0.778 bits per heavy atom. The van der Waals surface area contributed by atoms with Gasteiger partial charge in [-0.2, -0.15) is 0 Å². The Balaban J connectivity index is 1.91. The number of hydrogen-bond acceptors (Lipinski definition) is 0. The fraction of sp³-hybridized carbons (Fsp3) is 0.382. The van der Waals surface area contributed by atoms with Crippen molar-refractivity contribution in [1.29, 1.82) is 0 Å². The van der Waals surface area contributed by atoms with Crippen LogP contribution in [0.25, 0.3) is 22.0 Å². The Labute approximate surface area is 220 Å². The summed E-state index contributed by atoms with van der Waals surface area (Å²) in [5.41, 5.74) is 8.52. The van der Waals surface area contributed by atoms with Crippen LogP contribution in [0.15, 0.2) is 72.9 Å². The Bertz CT molecular complexity index is 1400. The zero-order chi connectivity index (χ0) is 26.5. The third kappa shape index (κ3) is 5.20. The lowest BCUT2D eigenvalue weighted by Crippen LogP contribution is -2.44. The van der Waals surface area contributed by atoms with E-state index in [1.165, 1.54) is 49.5 Å². The zero-order valence-corrected chi connectivity index (χ0v) is 25.1. The highest BCUT2D eigenvalue weighted by molar-refractivity contribution is 6.89. The number of benzene rings is 3. The van der Waals surface area contributed by atoms with Crippen molar-refractivity contribution in [3.8, 4) is 11.3 Å². The average Bonchev–Trinajstić information content (AvgIpc) is 2.78. The fourth-order valence-electron chi connectivity index (χ4n) is 5.51. The molecule has 0 saturated carbocycles. The largest absolute Gasteiger partial charge is 0.220 e. The highest BCUT2D eigenvalue weighted by atomic mass is 28.3. The minimum absolute atomic E-state index is 0.0868. The van der Waals surface area contributed by atoms with Crippen molar-refractivity contribution in [2.45, 2.75) is 78.4 Å². The van der Waals surface area contributed by atoms with Crippen LogP contribution >= 0.6 is 0 Å². The maximum atomic E-state index is 2.50. The number of aromatic nitrogens is 1. The van der Waals surface area contributed by atoms with Crippen molar-refractivity contribution in [3.05, 3.63) is 95.2 Å². The van der Waals surface area contributed by atoms with Gasteiger partial charge in [0, 0.05) is 6.07 Å². The fourth-order valence-corrected chi connectivity index (χ4v) is 8.05. The Morgan fingerprint density at radius 3 is 2.06 bits per heavy atom. The molecule has 0 bridgehead atoms. The highest BCUT2D eigenvalue weighted by Crippen LogP contribution is 2.38. The lowest BCUT2D eigenvalue weighted by molar-refractivity contribution is -0.659. The molecular formula is C34H44NSi+. The van der Waals surface area contributed by atoms with Gasteiger partial charge in [-0.1, -0.05) is 114 Å². The molecule has 0 spiro atoms. The molecule has 0 N–H and O–H groups in total. The van der Waals surface area contributed by atoms with Crippen LogP contribution in [0.5, 0.6) is 0 Å². The molecule has 0 unspecified atom stereocenters. The van der Waals surface area contributed by atoms with Gasteiger partial charge in [0.2, 0.25) is 5.69 Å². The Hall–Kier alpha value is -2.71. The van der Waals surface area contributed by atoms with Crippen molar-refractivity contribution >= 4 is 24.0 Å². The number of nitrogens with zero attached hydrogens (tertiary/aromatic N) is 1. The molecule has 36 heavy (non-hydrogen) atoms. The topological polar surface area (TPSA) is 3.88 Å². The lowest BCUT2D eigenvalue weighted by atomic mass is 9.76. The Kier molecular flexibility index (Phi) is 6.81. The van der Waals surface area contributed by atoms with Crippen molar-refractivity contribution in [1.82, 2.24) is 0 Å². The summed E-state index contributed by atoms with van der Waals surface area (Å²) in [6.45, 7) is 21.3. The Morgan fingerprint density at radius 2 is 1.44 bits per heavy atom.